The van der Waals surface area contributed by atoms with Crippen LogP contribution in [0.1, 0.15) is 24.1 Å². The lowest BCUT2D eigenvalue weighted by molar-refractivity contribution is 0.242. The van der Waals surface area contributed by atoms with Crippen LogP contribution in [0.15, 0.2) is 23.6 Å². The monoisotopic (exact) mass is 291 g/mol. The van der Waals surface area contributed by atoms with Crippen molar-refractivity contribution in [2.75, 3.05) is 7.11 Å². The predicted octanol–water partition coefficient (Wildman–Crippen LogP) is 2.42. The first kappa shape index (κ1) is 13.3. The van der Waals surface area contributed by atoms with E-state index in [4.69, 9.17) is 4.74 Å². The van der Waals surface area contributed by atoms with E-state index >= 15 is 0 Å². The standard InChI is InChI=1S/C14H17N3O2S/c1-19-14-6-10(2-5-13(14)18)7-17(12-3-4-12)8-11-9-20-16-15-11/h2,5-6,9,12,18H,3-4,7-8H2,1H3. The van der Waals surface area contributed by atoms with Crippen molar-refractivity contribution in [3.8, 4) is 11.5 Å². The van der Waals surface area contributed by atoms with Crippen LogP contribution >= 0.6 is 11.5 Å². The van der Waals surface area contributed by atoms with Gasteiger partial charge in [-0.15, -0.1) is 5.10 Å². The molecule has 1 fully saturated rings. The molecule has 106 valence electrons. The molecular weight excluding hydrogens is 274 g/mol. The second-order valence-electron chi connectivity index (χ2n) is 5.04. The first-order valence-electron chi connectivity index (χ1n) is 6.62. The first-order valence-corrected chi connectivity index (χ1v) is 7.46. The van der Waals surface area contributed by atoms with Crippen LogP contribution in [0.3, 0.4) is 0 Å². The summed E-state index contributed by atoms with van der Waals surface area (Å²) >= 11 is 1.39. The van der Waals surface area contributed by atoms with E-state index in [2.05, 4.69) is 14.5 Å². The van der Waals surface area contributed by atoms with Crippen molar-refractivity contribution in [2.24, 2.45) is 0 Å². The summed E-state index contributed by atoms with van der Waals surface area (Å²) in [4.78, 5) is 2.41. The maximum Gasteiger partial charge on any atom is 0.160 e. The zero-order valence-electron chi connectivity index (χ0n) is 11.3. The van der Waals surface area contributed by atoms with Crippen molar-refractivity contribution in [3.63, 3.8) is 0 Å². The maximum atomic E-state index is 9.64. The molecule has 1 N–H and O–H groups in total. The third-order valence-corrected chi connectivity index (χ3v) is 4.02. The van der Waals surface area contributed by atoms with E-state index in [0.29, 0.717) is 11.8 Å². The van der Waals surface area contributed by atoms with Crippen LogP contribution in [0.4, 0.5) is 0 Å². The minimum Gasteiger partial charge on any atom is -0.504 e. The zero-order valence-corrected chi connectivity index (χ0v) is 12.1. The van der Waals surface area contributed by atoms with Crippen LogP contribution in [-0.4, -0.2) is 32.7 Å². The van der Waals surface area contributed by atoms with Crippen LogP contribution in [0.5, 0.6) is 11.5 Å². The summed E-state index contributed by atoms with van der Waals surface area (Å²) in [6.07, 6.45) is 2.49. The molecule has 1 saturated carbocycles. The predicted molar refractivity (Wildman–Crippen MR) is 76.8 cm³/mol. The number of hydrogen-bond donors (Lipinski definition) is 1. The molecule has 5 nitrogen and oxygen atoms in total. The molecule has 1 aromatic carbocycles. The lowest BCUT2D eigenvalue weighted by Gasteiger charge is -2.21. The molecule has 0 bridgehead atoms. The summed E-state index contributed by atoms with van der Waals surface area (Å²) in [7, 11) is 1.57. The fourth-order valence-electron chi connectivity index (χ4n) is 2.27. The summed E-state index contributed by atoms with van der Waals surface area (Å²) in [5.74, 6) is 0.700. The minimum absolute atomic E-state index is 0.179. The molecule has 20 heavy (non-hydrogen) atoms. The van der Waals surface area contributed by atoms with Gasteiger partial charge in [0, 0.05) is 24.5 Å². The van der Waals surface area contributed by atoms with E-state index in [1.807, 2.05) is 17.5 Å². The molecule has 0 spiro atoms. The van der Waals surface area contributed by atoms with Gasteiger partial charge in [0.1, 0.15) is 0 Å². The quantitative estimate of drug-likeness (QED) is 0.885. The lowest BCUT2D eigenvalue weighted by Crippen LogP contribution is -2.25. The second kappa shape index (κ2) is 5.76. The molecule has 0 amide bonds. The van der Waals surface area contributed by atoms with Gasteiger partial charge < -0.3 is 9.84 Å². The van der Waals surface area contributed by atoms with Crippen molar-refractivity contribution < 1.29 is 9.84 Å². The van der Waals surface area contributed by atoms with Crippen molar-refractivity contribution in [1.29, 1.82) is 0 Å². The molecule has 0 saturated heterocycles. The average Bonchev–Trinajstić information content (AvgIpc) is 3.18. The Morgan fingerprint density at radius 3 is 2.90 bits per heavy atom. The zero-order chi connectivity index (χ0) is 13.9. The summed E-state index contributed by atoms with van der Waals surface area (Å²) in [6, 6.07) is 6.15. The number of hydrogen-bond acceptors (Lipinski definition) is 6. The summed E-state index contributed by atoms with van der Waals surface area (Å²) in [6.45, 7) is 1.66. The Hall–Kier alpha value is -1.66. The molecule has 6 heteroatoms. The Balaban J connectivity index is 1.73. The third-order valence-electron chi connectivity index (χ3n) is 3.46. The van der Waals surface area contributed by atoms with E-state index in [0.717, 1.165) is 24.3 Å². The van der Waals surface area contributed by atoms with Gasteiger partial charge >= 0.3 is 0 Å². The highest BCUT2D eigenvalue weighted by Gasteiger charge is 2.29. The van der Waals surface area contributed by atoms with Gasteiger partial charge in [0.25, 0.3) is 0 Å². The van der Waals surface area contributed by atoms with E-state index < -0.39 is 0 Å². The molecule has 0 atom stereocenters. The fraction of sp³-hybridized carbons (Fsp3) is 0.429. The van der Waals surface area contributed by atoms with Crippen LogP contribution in [0.25, 0.3) is 0 Å². The lowest BCUT2D eigenvalue weighted by atomic mass is 10.2. The number of rotatable bonds is 6. The van der Waals surface area contributed by atoms with E-state index in [-0.39, 0.29) is 5.75 Å². The Morgan fingerprint density at radius 1 is 1.40 bits per heavy atom. The van der Waals surface area contributed by atoms with Gasteiger partial charge in [0.15, 0.2) is 11.5 Å². The first-order chi connectivity index (χ1) is 9.76. The number of aromatic hydroxyl groups is 1. The van der Waals surface area contributed by atoms with Crippen LogP contribution in [0, 0.1) is 0 Å². The molecule has 1 heterocycles. The van der Waals surface area contributed by atoms with Crippen LogP contribution < -0.4 is 4.74 Å². The van der Waals surface area contributed by atoms with Gasteiger partial charge in [-0.3, -0.25) is 4.90 Å². The van der Waals surface area contributed by atoms with Gasteiger partial charge in [-0.1, -0.05) is 10.6 Å². The molecule has 1 aliphatic carbocycles. The Bertz CT molecular complexity index is 570. The largest absolute Gasteiger partial charge is 0.504 e. The smallest absolute Gasteiger partial charge is 0.160 e. The number of phenols is 1. The Morgan fingerprint density at radius 2 is 2.25 bits per heavy atom. The molecule has 2 aromatic rings. The normalized spacial score (nSPS) is 14.7. The molecule has 0 radical (unpaired) electrons. The van der Waals surface area contributed by atoms with Gasteiger partial charge in [-0.25, -0.2) is 0 Å². The number of methoxy groups -OCH3 is 1. The second-order valence-corrected chi connectivity index (χ2v) is 5.65. The van der Waals surface area contributed by atoms with Gasteiger partial charge in [-0.2, -0.15) is 0 Å². The molecule has 1 aliphatic rings. The molecular formula is C14H17N3O2S. The number of aromatic nitrogens is 2. The van der Waals surface area contributed by atoms with Crippen LogP contribution in [0.2, 0.25) is 0 Å². The highest BCUT2D eigenvalue weighted by molar-refractivity contribution is 7.03. The van der Waals surface area contributed by atoms with Crippen LogP contribution in [-0.2, 0) is 13.1 Å². The number of phenolic OH excluding ortho intramolecular Hbond substituents is 1. The fourth-order valence-corrected chi connectivity index (χ4v) is 2.71. The minimum atomic E-state index is 0.179. The van der Waals surface area contributed by atoms with E-state index in [1.54, 1.807) is 13.2 Å². The number of ether oxygens (including phenoxy) is 1. The molecule has 0 aliphatic heterocycles. The van der Waals surface area contributed by atoms with E-state index in [9.17, 15) is 5.11 Å². The maximum absolute atomic E-state index is 9.64. The summed E-state index contributed by atoms with van der Waals surface area (Å²) < 4.78 is 9.07. The van der Waals surface area contributed by atoms with Crippen molar-refractivity contribution in [3.05, 3.63) is 34.8 Å². The summed E-state index contributed by atoms with van der Waals surface area (Å²) in [5, 5.41) is 15.8. The topological polar surface area (TPSA) is 58.5 Å². The number of benzene rings is 1. The SMILES string of the molecule is COc1cc(CN(Cc2csnn2)C2CC2)ccc1O. The molecule has 3 rings (SSSR count). The molecule has 0 unspecified atom stereocenters. The molecule has 1 aromatic heterocycles. The van der Waals surface area contributed by atoms with Gasteiger partial charge in [0.2, 0.25) is 0 Å². The van der Waals surface area contributed by atoms with Gasteiger partial charge in [-0.05, 0) is 42.1 Å². The van der Waals surface area contributed by atoms with E-state index in [1.165, 1.54) is 24.4 Å². The Labute approximate surface area is 122 Å². The van der Waals surface area contributed by atoms with Crippen molar-refractivity contribution in [1.82, 2.24) is 14.5 Å². The highest BCUT2D eigenvalue weighted by atomic mass is 32.1. The van der Waals surface area contributed by atoms with Crippen molar-refractivity contribution >= 4 is 11.5 Å². The highest BCUT2D eigenvalue weighted by Crippen LogP contribution is 2.32. The van der Waals surface area contributed by atoms with Crippen molar-refractivity contribution in [2.45, 2.75) is 32.0 Å². The Kier molecular flexibility index (Phi) is 3.84. The average molecular weight is 291 g/mol. The third kappa shape index (κ3) is 3.08. The summed E-state index contributed by atoms with van der Waals surface area (Å²) in [5.41, 5.74) is 2.15. The number of nitrogens with zero attached hydrogens (tertiary/aromatic N) is 3. The van der Waals surface area contributed by atoms with Gasteiger partial charge in [0.05, 0.1) is 12.8 Å².